The summed E-state index contributed by atoms with van der Waals surface area (Å²) in [5.41, 5.74) is 3.91. The van der Waals surface area contributed by atoms with Crippen LogP contribution in [-0.2, 0) is 6.54 Å². The molecule has 0 spiro atoms. The zero-order valence-corrected chi connectivity index (χ0v) is 16.2. The van der Waals surface area contributed by atoms with Crippen molar-refractivity contribution in [1.29, 1.82) is 0 Å². The second-order valence-corrected chi connectivity index (χ2v) is 7.36. The Morgan fingerprint density at radius 1 is 0.840 bits per heavy atom. The zero-order valence-electron chi connectivity index (χ0n) is 13.1. The van der Waals surface area contributed by atoms with Crippen LogP contribution >= 0.6 is 39.1 Å². The molecule has 1 heterocycles. The fraction of sp³-hybridized carbons (Fsp3) is 0.0500. The molecule has 0 aliphatic heterocycles. The summed E-state index contributed by atoms with van der Waals surface area (Å²) in [6.45, 7) is 0.551. The molecule has 3 aromatic carbocycles. The van der Waals surface area contributed by atoms with Crippen molar-refractivity contribution in [2.24, 2.45) is 0 Å². The quantitative estimate of drug-likeness (QED) is 0.348. The Labute approximate surface area is 164 Å². The number of rotatable bonds is 3. The van der Waals surface area contributed by atoms with Gasteiger partial charge in [-0.25, -0.2) is 4.98 Å². The van der Waals surface area contributed by atoms with Crippen molar-refractivity contribution in [1.82, 2.24) is 9.55 Å². The van der Waals surface area contributed by atoms with Gasteiger partial charge in [-0.05, 0) is 30.3 Å². The van der Waals surface area contributed by atoms with Crippen molar-refractivity contribution in [3.63, 3.8) is 0 Å². The van der Waals surface area contributed by atoms with Crippen molar-refractivity contribution in [2.45, 2.75) is 6.54 Å². The molecule has 4 aromatic rings. The van der Waals surface area contributed by atoms with E-state index in [9.17, 15) is 0 Å². The maximum absolute atomic E-state index is 6.40. The zero-order chi connectivity index (χ0) is 17.4. The van der Waals surface area contributed by atoms with Gasteiger partial charge < -0.3 is 4.57 Å². The molecule has 0 aliphatic rings. The summed E-state index contributed by atoms with van der Waals surface area (Å²) >= 11 is 16.4. The third-order valence-electron chi connectivity index (χ3n) is 4.15. The first-order valence-corrected chi connectivity index (χ1v) is 9.33. The van der Waals surface area contributed by atoms with E-state index < -0.39 is 0 Å². The molecule has 0 unspecified atom stereocenters. The lowest BCUT2D eigenvalue weighted by atomic mass is 10.2. The maximum Gasteiger partial charge on any atom is 0.142 e. The average molecular weight is 432 g/mol. The predicted octanol–water partition coefficient (Wildman–Crippen LogP) is 6.82. The van der Waals surface area contributed by atoms with E-state index in [-0.39, 0.29) is 0 Å². The number of para-hydroxylation sites is 2. The summed E-state index contributed by atoms with van der Waals surface area (Å²) in [6.07, 6.45) is 0. The summed E-state index contributed by atoms with van der Waals surface area (Å²) in [7, 11) is 0. The third kappa shape index (κ3) is 3.08. The van der Waals surface area contributed by atoms with Crippen molar-refractivity contribution in [2.75, 3.05) is 0 Å². The van der Waals surface area contributed by atoms with Crippen LogP contribution in [0.4, 0.5) is 0 Å². The number of benzene rings is 3. The molecule has 5 heteroatoms. The van der Waals surface area contributed by atoms with Crippen LogP contribution in [-0.4, -0.2) is 9.55 Å². The largest absolute Gasteiger partial charge is 0.319 e. The highest BCUT2D eigenvalue weighted by molar-refractivity contribution is 9.10. The van der Waals surface area contributed by atoms with E-state index in [2.05, 4.69) is 32.6 Å². The molecule has 0 aliphatic carbocycles. The van der Waals surface area contributed by atoms with Crippen LogP contribution in [0, 0.1) is 0 Å². The Morgan fingerprint density at radius 3 is 2.28 bits per heavy atom. The lowest BCUT2D eigenvalue weighted by Crippen LogP contribution is -2.04. The molecule has 2 nitrogen and oxygen atoms in total. The highest BCUT2D eigenvalue weighted by Gasteiger charge is 2.16. The number of fused-ring (bicyclic) bond motifs is 1. The Morgan fingerprint density at radius 2 is 1.52 bits per heavy atom. The SMILES string of the molecule is Clc1cccc(Cl)c1Cn1c(-c2ccccc2Br)nc2ccccc21. The normalized spacial score (nSPS) is 11.2. The van der Waals surface area contributed by atoms with Crippen molar-refractivity contribution >= 4 is 50.2 Å². The first kappa shape index (κ1) is 16.6. The number of hydrogen-bond donors (Lipinski definition) is 0. The van der Waals surface area contributed by atoms with Gasteiger partial charge >= 0.3 is 0 Å². The Bertz CT molecular complexity index is 1050. The summed E-state index contributed by atoms with van der Waals surface area (Å²) in [5.74, 6) is 0.879. The van der Waals surface area contributed by atoms with Gasteiger partial charge in [-0.3, -0.25) is 0 Å². The minimum Gasteiger partial charge on any atom is -0.319 e. The molecule has 0 amide bonds. The highest BCUT2D eigenvalue weighted by Crippen LogP contribution is 2.33. The molecule has 0 saturated carbocycles. The van der Waals surface area contributed by atoms with Gasteiger partial charge in [0.15, 0.2) is 0 Å². The van der Waals surface area contributed by atoms with E-state index in [1.54, 1.807) is 0 Å². The fourth-order valence-electron chi connectivity index (χ4n) is 2.93. The van der Waals surface area contributed by atoms with E-state index in [0.29, 0.717) is 16.6 Å². The second kappa shape index (κ2) is 6.83. The van der Waals surface area contributed by atoms with Gasteiger partial charge in [0, 0.05) is 25.6 Å². The Kier molecular flexibility index (Phi) is 4.55. The molecule has 4 rings (SSSR count). The molecule has 0 bridgehead atoms. The number of aromatic nitrogens is 2. The summed E-state index contributed by atoms with van der Waals surface area (Å²) in [6, 6.07) is 21.7. The fourth-order valence-corrected chi connectivity index (χ4v) is 3.90. The van der Waals surface area contributed by atoms with E-state index in [4.69, 9.17) is 28.2 Å². The third-order valence-corrected chi connectivity index (χ3v) is 5.55. The van der Waals surface area contributed by atoms with Gasteiger partial charge in [-0.2, -0.15) is 0 Å². The minimum absolute atomic E-state index is 0.551. The van der Waals surface area contributed by atoms with Crippen LogP contribution in [0.25, 0.3) is 22.4 Å². The van der Waals surface area contributed by atoms with Crippen molar-refractivity contribution < 1.29 is 0 Å². The Balaban J connectivity index is 1.96. The van der Waals surface area contributed by atoms with Crippen LogP contribution in [0.1, 0.15) is 5.56 Å². The first-order valence-electron chi connectivity index (χ1n) is 7.78. The lowest BCUT2D eigenvalue weighted by Gasteiger charge is -2.13. The molecule has 1 aromatic heterocycles. The van der Waals surface area contributed by atoms with Gasteiger partial charge in [0.2, 0.25) is 0 Å². The van der Waals surface area contributed by atoms with Crippen LogP contribution in [0.5, 0.6) is 0 Å². The average Bonchev–Trinajstić information content (AvgIpc) is 2.97. The van der Waals surface area contributed by atoms with E-state index in [0.717, 1.165) is 32.5 Å². The van der Waals surface area contributed by atoms with Crippen molar-refractivity contribution in [3.05, 3.63) is 86.8 Å². The van der Waals surface area contributed by atoms with E-state index >= 15 is 0 Å². The smallest absolute Gasteiger partial charge is 0.142 e. The number of imidazole rings is 1. The molecular weight excluding hydrogens is 419 g/mol. The molecular formula is C20H13BrCl2N2. The number of hydrogen-bond acceptors (Lipinski definition) is 1. The predicted molar refractivity (Wildman–Crippen MR) is 108 cm³/mol. The maximum atomic E-state index is 6.40. The molecule has 25 heavy (non-hydrogen) atoms. The lowest BCUT2D eigenvalue weighted by molar-refractivity contribution is 0.834. The summed E-state index contributed by atoms with van der Waals surface area (Å²) < 4.78 is 3.15. The van der Waals surface area contributed by atoms with Crippen LogP contribution < -0.4 is 0 Å². The van der Waals surface area contributed by atoms with Gasteiger partial charge in [0.25, 0.3) is 0 Å². The summed E-state index contributed by atoms with van der Waals surface area (Å²) in [4.78, 5) is 4.85. The van der Waals surface area contributed by atoms with Crippen LogP contribution in [0.3, 0.4) is 0 Å². The monoisotopic (exact) mass is 430 g/mol. The first-order chi connectivity index (χ1) is 12.1. The van der Waals surface area contributed by atoms with Gasteiger partial charge in [-0.15, -0.1) is 0 Å². The van der Waals surface area contributed by atoms with Crippen LogP contribution in [0.2, 0.25) is 10.0 Å². The van der Waals surface area contributed by atoms with E-state index in [1.807, 2.05) is 54.6 Å². The standard InChI is InChI=1S/C20H13BrCl2N2/c21-15-7-2-1-6-13(15)20-24-18-10-3-4-11-19(18)25(20)12-14-16(22)8-5-9-17(14)23/h1-11H,12H2. The molecule has 0 fully saturated rings. The van der Waals surface area contributed by atoms with Crippen LogP contribution in [0.15, 0.2) is 71.2 Å². The van der Waals surface area contributed by atoms with Gasteiger partial charge in [0.1, 0.15) is 5.82 Å². The van der Waals surface area contributed by atoms with Gasteiger partial charge in [-0.1, -0.05) is 75.5 Å². The van der Waals surface area contributed by atoms with E-state index in [1.165, 1.54) is 0 Å². The highest BCUT2D eigenvalue weighted by atomic mass is 79.9. The van der Waals surface area contributed by atoms with Crippen molar-refractivity contribution in [3.8, 4) is 11.4 Å². The Hall–Kier alpha value is -1.81. The molecule has 0 N–H and O–H groups in total. The molecule has 0 saturated heterocycles. The van der Waals surface area contributed by atoms with Gasteiger partial charge in [0.05, 0.1) is 17.6 Å². The molecule has 0 radical (unpaired) electrons. The number of halogens is 3. The number of nitrogens with zero attached hydrogens (tertiary/aromatic N) is 2. The minimum atomic E-state index is 0.551. The molecule has 124 valence electrons. The second-order valence-electron chi connectivity index (χ2n) is 5.69. The topological polar surface area (TPSA) is 17.8 Å². The molecule has 0 atom stereocenters. The summed E-state index contributed by atoms with van der Waals surface area (Å²) in [5, 5.41) is 1.31.